The third-order valence-electron chi connectivity index (χ3n) is 6.45. The highest BCUT2D eigenvalue weighted by Gasteiger charge is 2.43. The lowest BCUT2D eigenvalue weighted by atomic mass is 9.79. The maximum atomic E-state index is 11.5. The summed E-state index contributed by atoms with van der Waals surface area (Å²) in [5.41, 5.74) is 6.23. The van der Waals surface area contributed by atoms with E-state index in [0.29, 0.717) is 6.54 Å². The van der Waals surface area contributed by atoms with E-state index in [0.717, 1.165) is 21.3 Å². The molecule has 13 nitrogen and oxygen atoms in total. The van der Waals surface area contributed by atoms with E-state index in [1.165, 1.54) is 18.6 Å². The fourth-order valence-corrected chi connectivity index (χ4v) is 3.86. The SMILES string of the molecule is CC(C)(C#N)c1cc(Cn2cncn2)cc(C(C)(C)C#N)c1.Nc1ccn([C@@H]2O[C@H](CO)[C@@H](O)[C@@H]2O)c(=O)n1. The van der Waals surface area contributed by atoms with Gasteiger partial charge in [0.05, 0.1) is 36.1 Å². The van der Waals surface area contributed by atoms with Crippen LogP contribution in [0.5, 0.6) is 0 Å². The Kier molecular flexibility index (Phi) is 8.84. The smallest absolute Gasteiger partial charge is 0.351 e. The minimum atomic E-state index is -1.31. The molecule has 39 heavy (non-hydrogen) atoms. The molecule has 3 aromatic rings. The number of aromatic nitrogens is 5. The first kappa shape index (κ1) is 29.4. The van der Waals surface area contributed by atoms with Gasteiger partial charge in [-0.25, -0.2) is 14.5 Å². The Morgan fingerprint density at radius 1 is 1.08 bits per heavy atom. The van der Waals surface area contributed by atoms with Gasteiger partial charge in [0, 0.05) is 6.20 Å². The highest BCUT2D eigenvalue weighted by atomic mass is 16.6. The molecular formula is C26H32N8O5. The molecule has 0 aliphatic carbocycles. The summed E-state index contributed by atoms with van der Waals surface area (Å²) in [7, 11) is 0. The number of aliphatic hydroxyl groups excluding tert-OH is 3. The molecule has 2 aromatic heterocycles. The number of benzene rings is 1. The van der Waals surface area contributed by atoms with Crippen molar-refractivity contribution < 1.29 is 20.1 Å². The molecule has 0 bridgehead atoms. The lowest BCUT2D eigenvalue weighted by Gasteiger charge is -2.23. The summed E-state index contributed by atoms with van der Waals surface area (Å²) in [6.45, 7) is 7.63. The van der Waals surface area contributed by atoms with Crippen LogP contribution in [0.25, 0.3) is 0 Å². The number of nitrogen functional groups attached to an aromatic ring is 1. The number of nitrogens with two attached hydrogens (primary N) is 1. The van der Waals surface area contributed by atoms with Crippen molar-refractivity contribution in [3.8, 4) is 12.1 Å². The van der Waals surface area contributed by atoms with E-state index in [2.05, 4.69) is 27.2 Å². The molecule has 1 fully saturated rings. The van der Waals surface area contributed by atoms with Crippen molar-refractivity contribution in [2.24, 2.45) is 0 Å². The third-order valence-corrected chi connectivity index (χ3v) is 6.45. The minimum Gasteiger partial charge on any atom is -0.394 e. The second-order valence-electron chi connectivity index (χ2n) is 10.3. The number of rotatable bonds is 6. The van der Waals surface area contributed by atoms with E-state index in [1.807, 2.05) is 45.9 Å². The van der Waals surface area contributed by atoms with E-state index in [4.69, 9.17) is 15.6 Å². The molecule has 4 atom stereocenters. The highest BCUT2D eigenvalue weighted by Crippen LogP contribution is 2.31. The first-order valence-electron chi connectivity index (χ1n) is 12.1. The summed E-state index contributed by atoms with van der Waals surface area (Å²) >= 11 is 0. The predicted molar refractivity (Wildman–Crippen MR) is 139 cm³/mol. The van der Waals surface area contributed by atoms with Crippen molar-refractivity contribution >= 4 is 5.82 Å². The van der Waals surface area contributed by atoms with Gasteiger partial charge in [-0.2, -0.15) is 20.6 Å². The zero-order chi connectivity index (χ0) is 29.0. The molecule has 0 spiro atoms. The maximum Gasteiger partial charge on any atom is 0.351 e. The van der Waals surface area contributed by atoms with Gasteiger partial charge in [-0.05, 0) is 50.5 Å². The molecule has 206 valence electrons. The molecule has 0 radical (unpaired) electrons. The van der Waals surface area contributed by atoms with Gasteiger partial charge in [0.25, 0.3) is 0 Å². The van der Waals surface area contributed by atoms with Gasteiger partial charge in [-0.3, -0.25) is 4.57 Å². The molecule has 0 unspecified atom stereocenters. The summed E-state index contributed by atoms with van der Waals surface area (Å²) in [5.74, 6) is 0.0537. The fourth-order valence-electron chi connectivity index (χ4n) is 3.86. The first-order chi connectivity index (χ1) is 18.3. The van der Waals surface area contributed by atoms with Crippen LogP contribution < -0.4 is 11.4 Å². The average molecular weight is 537 g/mol. The van der Waals surface area contributed by atoms with Crippen LogP contribution in [0.2, 0.25) is 0 Å². The Bertz CT molecular complexity index is 1380. The van der Waals surface area contributed by atoms with E-state index < -0.39 is 47.7 Å². The molecule has 5 N–H and O–H groups in total. The zero-order valence-electron chi connectivity index (χ0n) is 22.1. The quantitative estimate of drug-likeness (QED) is 0.338. The van der Waals surface area contributed by atoms with Gasteiger partial charge in [0.15, 0.2) is 6.23 Å². The average Bonchev–Trinajstić information content (AvgIpc) is 3.52. The van der Waals surface area contributed by atoms with Crippen LogP contribution in [0.1, 0.15) is 50.6 Å². The highest BCUT2D eigenvalue weighted by molar-refractivity contribution is 5.42. The molecule has 3 heterocycles. The standard InChI is InChI=1S/C17H19N5.C9H13N3O5/c1-16(2,9-18)14-5-13(8-22-12-20-11-21-22)6-15(7-14)17(3,4)10-19;10-5-1-2-12(9(16)11-5)8-7(15)6(14)4(3-13)17-8/h5-7,11-12H,8H2,1-4H3;1-2,4,6-8,13-15H,3H2,(H2,10,11,16)/t;4-,6-,7+,8-/m.1/s1. The van der Waals surface area contributed by atoms with Crippen LogP contribution in [-0.2, 0) is 22.1 Å². The number of nitrogens with zero attached hydrogens (tertiary/aromatic N) is 7. The Labute approximate surface area is 225 Å². The topological polar surface area (TPSA) is 209 Å². The molecule has 1 saturated heterocycles. The van der Waals surface area contributed by atoms with Crippen LogP contribution in [-0.4, -0.2) is 64.6 Å². The van der Waals surface area contributed by atoms with Crippen LogP contribution in [0, 0.1) is 22.7 Å². The summed E-state index contributed by atoms with van der Waals surface area (Å²) in [4.78, 5) is 18.9. The number of ether oxygens (including phenoxy) is 1. The molecule has 1 aliphatic rings. The van der Waals surface area contributed by atoms with Gasteiger partial charge in [0.1, 0.15) is 36.8 Å². The summed E-state index contributed by atoms with van der Waals surface area (Å²) in [5, 5.41) is 51.1. The summed E-state index contributed by atoms with van der Waals surface area (Å²) in [6, 6.07) is 12.0. The monoisotopic (exact) mass is 536 g/mol. The van der Waals surface area contributed by atoms with Crippen molar-refractivity contribution in [3.63, 3.8) is 0 Å². The number of hydrogen-bond donors (Lipinski definition) is 4. The Morgan fingerprint density at radius 2 is 1.69 bits per heavy atom. The third kappa shape index (κ3) is 6.66. The van der Waals surface area contributed by atoms with Crippen molar-refractivity contribution in [3.05, 3.63) is 70.3 Å². The Hall–Kier alpha value is -4.14. The Morgan fingerprint density at radius 3 is 2.15 bits per heavy atom. The molecule has 4 rings (SSSR count). The van der Waals surface area contributed by atoms with E-state index in [-0.39, 0.29) is 5.82 Å². The van der Waals surface area contributed by atoms with Crippen molar-refractivity contribution in [2.45, 2.75) is 69.6 Å². The number of hydrogen-bond acceptors (Lipinski definition) is 11. The van der Waals surface area contributed by atoms with Crippen molar-refractivity contribution in [1.82, 2.24) is 24.3 Å². The largest absolute Gasteiger partial charge is 0.394 e. The van der Waals surface area contributed by atoms with Crippen molar-refractivity contribution in [2.75, 3.05) is 12.3 Å². The zero-order valence-corrected chi connectivity index (χ0v) is 22.1. The van der Waals surface area contributed by atoms with Gasteiger partial charge >= 0.3 is 5.69 Å². The number of aliphatic hydroxyl groups is 3. The summed E-state index contributed by atoms with van der Waals surface area (Å²) < 4.78 is 7.91. The van der Waals surface area contributed by atoms with E-state index in [1.54, 1.807) is 11.0 Å². The maximum absolute atomic E-state index is 11.5. The molecular weight excluding hydrogens is 504 g/mol. The van der Waals surface area contributed by atoms with E-state index >= 15 is 0 Å². The molecule has 13 heteroatoms. The number of nitriles is 2. The van der Waals surface area contributed by atoms with Crippen LogP contribution in [0.3, 0.4) is 0 Å². The minimum absolute atomic E-state index is 0.0537. The molecule has 1 aromatic carbocycles. The van der Waals surface area contributed by atoms with Crippen LogP contribution in [0.4, 0.5) is 5.82 Å². The number of anilines is 1. The lowest BCUT2D eigenvalue weighted by molar-refractivity contribution is -0.0549. The fraction of sp³-hybridized carbons (Fsp3) is 0.462. The van der Waals surface area contributed by atoms with Gasteiger partial charge < -0.3 is 25.8 Å². The van der Waals surface area contributed by atoms with Crippen LogP contribution >= 0.6 is 0 Å². The van der Waals surface area contributed by atoms with Gasteiger partial charge in [0.2, 0.25) is 0 Å². The molecule has 1 aliphatic heterocycles. The van der Waals surface area contributed by atoms with Gasteiger partial charge in [-0.1, -0.05) is 18.2 Å². The van der Waals surface area contributed by atoms with Crippen molar-refractivity contribution in [1.29, 1.82) is 10.5 Å². The summed E-state index contributed by atoms with van der Waals surface area (Å²) in [6.07, 6.45) is -0.127. The molecule has 0 saturated carbocycles. The normalized spacial score (nSPS) is 20.9. The Balaban J connectivity index is 0.000000223. The van der Waals surface area contributed by atoms with Crippen LogP contribution in [0.15, 0.2) is 47.9 Å². The van der Waals surface area contributed by atoms with Gasteiger partial charge in [-0.15, -0.1) is 0 Å². The first-order valence-corrected chi connectivity index (χ1v) is 12.1. The van der Waals surface area contributed by atoms with E-state index in [9.17, 15) is 25.5 Å². The lowest BCUT2D eigenvalue weighted by Crippen LogP contribution is -2.36. The molecule has 0 amide bonds. The second-order valence-corrected chi connectivity index (χ2v) is 10.3. The second kappa shape index (κ2) is 11.7. The predicted octanol–water partition coefficient (Wildman–Crippen LogP) is 0.366.